The summed E-state index contributed by atoms with van der Waals surface area (Å²) in [6.45, 7) is 1.94. The van der Waals surface area contributed by atoms with Crippen LogP contribution in [0.15, 0.2) is 15.6 Å². The molecule has 0 spiro atoms. The van der Waals surface area contributed by atoms with Gasteiger partial charge in [-0.3, -0.25) is 4.79 Å². The summed E-state index contributed by atoms with van der Waals surface area (Å²) >= 11 is 0. The number of halogens is 1. The fraction of sp³-hybridized carbons (Fsp3) is 0.615. The highest BCUT2D eigenvalue weighted by atomic mass is 35.5. The standard InChI is InChI=1S/C13H21N3O4S.ClH/c1-8-10(6-12(20-8)21(18,19)16(2)3)13(17)15-11(7-14)9-4-5-9;/h6,9,11H,4-5,7,14H2,1-3H3,(H,15,17);1H. The Morgan fingerprint density at radius 3 is 2.55 bits per heavy atom. The van der Waals surface area contributed by atoms with Crippen LogP contribution in [0.4, 0.5) is 0 Å². The maximum atomic E-state index is 12.2. The van der Waals surface area contributed by atoms with Gasteiger partial charge in [-0.05, 0) is 25.7 Å². The molecule has 22 heavy (non-hydrogen) atoms. The number of carbonyl (C=O) groups is 1. The van der Waals surface area contributed by atoms with E-state index in [-0.39, 0.29) is 40.8 Å². The van der Waals surface area contributed by atoms with Crippen molar-refractivity contribution in [2.75, 3.05) is 20.6 Å². The first-order chi connectivity index (χ1) is 9.77. The molecule has 126 valence electrons. The number of furan rings is 1. The predicted molar refractivity (Wildman–Crippen MR) is 84.6 cm³/mol. The van der Waals surface area contributed by atoms with Crippen molar-refractivity contribution < 1.29 is 17.6 Å². The molecule has 1 aliphatic carbocycles. The summed E-state index contributed by atoms with van der Waals surface area (Å²) in [6, 6.07) is 1.20. The van der Waals surface area contributed by atoms with Crippen molar-refractivity contribution in [2.45, 2.75) is 30.9 Å². The first-order valence-corrected chi connectivity index (χ1v) is 8.25. The molecule has 0 bridgehead atoms. The van der Waals surface area contributed by atoms with E-state index in [0.29, 0.717) is 12.5 Å². The molecule has 3 N–H and O–H groups in total. The van der Waals surface area contributed by atoms with Gasteiger partial charge in [-0.1, -0.05) is 0 Å². The van der Waals surface area contributed by atoms with E-state index in [0.717, 1.165) is 17.1 Å². The van der Waals surface area contributed by atoms with E-state index >= 15 is 0 Å². The third-order valence-electron chi connectivity index (χ3n) is 3.64. The van der Waals surface area contributed by atoms with Gasteiger partial charge in [0.2, 0.25) is 5.09 Å². The number of aryl methyl sites for hydroxylation is 1. The van der Waals surface area contributed by atoms with Crippen molar-refractivity contribution >= 4 is 28.3 Å². The quantitative estimate of drug-likeness (QED) is 0.785. The molecule has 7 nitrogen and oxygen atoms in total. The van der Waals surface area contributed by atoms with Crippen molar-refractivity contribution in [3.63, 3.8) is 0 Å². The third-order valence-corrected chi connectivity index (χ3v) is 5.31. The normalized spacial score (nSPS) is 16.2. The van der Waals surface area contributed by atoms with Gasteiger partial charge < -0.3 is 15.5 Å². The molecule has 1 atom stereocenters. The monoisotopic (exact) mass is 351 g/mol. The molecule has 1 unspecified atom stereocenters. The lowest BCUT2D eigenvalue weighted by molar-refractivity contribution is 0.0932. The van der Waals surface area contributed by atoms with Crippen LogP contribution in [0.5, 0.6) is 0 Å². The molecular formula is C13H22ClN3O4S. The summed E-state index contributed by atoms with van der Waals surface area (Å²) in [5, 5.41) is 2.62. The first kappa shape index (κ1) is 19.0. The molecule has 9 heteroatoms. The molecule has 2 rings (SSSR count). The summed E-state index contributed by atoms with van der Waals surface area (Å²) in [5.41, 5.74) is 5.88. The molecule has 1 saturated carbocycles. The number of rotatable bonds is 6. The number of hydrogen-bond donors (Lipinski definition) is 2. The van der Waals surface area contributed by atoms with E-state index in [2.05, 4.69) is 5.32 Å². The van der Waals surface area contributed by atoms with Gasteiger partial charge >= 0.3 is 0 Å². The van der Waals surface area contributed by atoms with Crippen LogP contribution in [0, 0.1) is 12.8 Å². The van der Waals surface area contributed by atoms with Crippen LogP contribution < -0.4 is 11.1 Å². The lowest BCUT2D eigenvalue weighted by atomic mass is 10.1. The number of amides is 1. The Morgan fingerprint density at radius 1 is 1.50 bits per heavy atom. The highest BCUT2D eigenvalue weighted by Gasteiger charge is 2.32. The van der Waals surface area contributed by atoms with Gasteiger partial charge in [0.15, 0.2) is 0 Å². The van der Waals surface area contributed by atoms with Crippen molar-refractivity contribution in [1.29, 1.82) is 0 Å². The van der Waals surface area contributed by atoms with Crippen LogP contribution in [-0.4, -0.2) is 45.3 Å². The molecule has 1 aliphatic rings. The van der Waals surface area contributed by atoms with Gasteiger partial charge in [-0.2, -0.15) is 0 Å². The minimum atomic E-state index is -3.69. The maximum absolute atomic E-state index is 12.2. The minimum Gasteiger partial charge on any atom is -0.448 e. The molecule has 1 amide bonds. The number of nitrogens with one attached hydrogen (secondary N) is 1. The molecule has 0 radical (unpaired) electrons. The van der Waals surface area contributed by atoms with Crippen LogP contribution in [0.3, 0.4) is 0 Å². The molecule has 0 aliphatic heterocycles. The third kappa shape index (κ3) is 3.81. The van der Waals surface area contributed by atoms with Crippen molar-refractivity contribution in [1.82, 2.24) is 9.62 Å². The van der Waals surface area contributed by atoms with Crippen LogP contribution in [0.2, 0.25) is 0 Å². The smallest absolute Gasteiger partial charge is 0.275 e. The second-order valence-electron chi connectivity index (χ2n) is 5.48. The lowest BCUT2D eigenvalue weighted by Gasteiger charge is -2.15. The maximum Gasteiger partial charge on any atom is 0.275 e. The average molecular weight is 352 g/mol. The molecule has 1 fully saturated rings. The number of sulfonamides is 1. The molecule has 0 saturated heterocycles. The predicted octanol–water partition coefficient (Wildman–Crippen LogP) is 0.727. The van der Waals surface area contributed by atoms with Gasteiger partial charge in [-0.15, -0.1) is 12.4 Å². The molecule has 1 aromatic rings. The zero-order chi connectivity index (χ0) is 15.8. The summed E-state index contributed by atoms with van der Waals surface area (Å²) < 4.78 is 30.3. The van der Waals surface area contributed by atoms with E-state index in [1.54, 1.807) is 6.92 Å². The highest BCUT2D eigenvalue weighted by molar-refractivity contribution is 7.88. The van der Waals surface area contributed by atoms with Crippen molar-refractivity contribution in [3.05, 3.63) is 17.4 Å². The molecule has 1 heterocycles. The molecular weight excluding hydrogens is 330 g/mol. The Morgan fingerprint density at radius 2 is 2.09 bits per heavy atom. The fourth-order valence-electron chi connectivity index (χ4n) is 2.10. The van der Waals surface area contributed by atoms with E-state index in [9.17, 15) is 13.2 Å². The van der Waals surface area contributed by atoms with Crippen LogP contribution in [0.1, 0.15) is 29.0 Å². The molecule has 1 aromatic heterocycles. The second kappa shape index (κ2) is 6.99. The largest absolute Gasteiger partial charge is 0.448 e. The lowest BCUT2D eigenvalue weighted by Crippen LogP contribution is -2.41. The topological polar surface area (TPSA) is 106 Å². The zero-order valence-corrected chi connectivity index (χ0v) is 14.5. The summed E-state index contributed by atoms with van der Waals surface area (Å²) in [6.07, 6.45) is 2.12. The van der Waals surface area contributed by atoms with E-state index < -0.39 is 10.0 Å². The van der Waals surface area contributed by atoms with E-state index in [1.165, 1.54) is 20.2 Å². The van der Waals surface area contributed by atoms with Crippen LogP contribution in [-0.2, 0) is 10.0 Å². The Balaban J connectivity index is 0.00000242. The van der Waals surface area contributed by atoms with Crippen molar-refractivity contribution in [2.24, 2.45) is 11.7 Å². The Bertz CT molecular complexity index is 638. The van der Waals surface area contributed by atoms with Gasteiger partial charge in [0, 0.05) is 32.7 Å². The minimum absolute atomic E-state index is 0. The number of nitrogens with two attached hydrogens (primary N) is 1. The summed E-state index contributed by atoms with van der Waals surface area (Å²) in [7, 11) is -0.874. The second-order valence-corrected chi connectivity index (χ2v) is 7.56. The summed E-state index contributed by atoms with van der Waals surface area (Å²) in [5.74, 6) is 0.356. The van der Waals surface area contributed by atoms with Gasteiger partial charge in [0.1, 0.15) is 5.76 Å². The van der Waals surface area contributed by atoms with Crippen LogP contribution in [0.25, 0.3) is 0 Å². The number of nitrogens with zero attached hydrogens (tertiary/aromatic N) is 1. The fourth-order valence-corrected chi connectivity index (χ4v) is 2.96. The zero-order valence-electron chi connectivity index (χ0n) is 12.8. The van der Waals surface area contributed by atoms with E-state index in [4.69, 9.17) is 10.2 Å². The van der Waals surface area contributed by atoms with E-state index in [1.807, 2.05) is 0 Å². The summed E-state index contributed by atoms with van der Waals surface area (Å²) in [4.78, 5) is 12.2. The Labute approximate surface area is 136 Å². The number of hydrogen-bond acceptors (Lipinski definition) is 5. The van der Waals surface area contributed by atoms with Gasteiger partial charge in [0.05, 0.1) is 5.56 Å². The first-order valence-electron chi connectivity index (χ1n) is 6.81. The Kier molecular flexibility index (Phi) is 6.03. The van der Waals surface area contributed by atoms with Crippen LogP contribution >= 0.6 is 12.4 Å². The van der Waals surface area contributed by atoms with Crippen molar-refractivity contribution in [3.8, 4) is 0 Å². The average Bonchev–Trinajstić information content (AvgIpc) is 3.17. The molecule has 0 aromatic carbocycles. The van der Waals surface area contributed by atoms with Gasteiger partial charge in [0.25, 0.3) is 15.9 Å². The van der Waals surface area contributed by atoms with Gasteiger partial charge in [-0.25, -0.2) is 12.7 Å². The number of carbonyl (C=O) groups excluding carboxylic acids is 1. The Hall–Kier alpha value is -1.09. The highest BCUT2D eigenvalue weighted by Crippen LogP contribution is 2.32. The SMILES string of the molecule is Cc1oc(S(=O)(=O)N(C)C)cc1C(=O)NC(CN)C1CC1.Cl.